The number of hydrogen-bond donors (Lipinski definition) is 2. The van der Waals surface area contributed by atoms with Crippen LogP contribution in [0.3, 0.4) is 0 Å². The number of fused-ring (bicyclic) bond motifs is 1. The van der Waals surface area contributed by atoms with Crippen molar-refractivity contribution in [1.82, 2.24) is 20.4 Å². The zero-order valence-corrected chi connectivity index (χ0v) is 17.5. The minimum absolute atomic E-state index is 0.119. The van der Waals surface area contributed by atoms with Gasteiger partial charge in [0.15, 0.2) is 0 Å². The standard InChI is InChI=1S/C22H25ClN4O2/c1-3-29-20-12-15(22(28)26-27-9-5-4-6-10-27)7-8-16(20)21-24-18-11-14(2)17(23)13-19(18)25-21/h7-8,11-13H,3-6,9-10H2,1-2H3,(H,24,25)(H,26,28). The number of hydrazine groups is 1. The molecule has 29 heavy (non-hydrogen) atoms. The number of aromatic nitrogens is 2. The largest absolute Gasteiger partial charge is 0.493 e. The molecule has 0 radical (unpaired) electrons. The van der Waals surface area contributed by atoms with Gasteiger partial charge in [0.1, 0.15) is 11.6 Å². The van der Waals surface area contributed by atoms with E-state index in [0.717, 1.165) is 48.1 Å². The van der Waals surface area contributed by atoms with Gasteiger partial charge in [0.2, 0.25) is 0 Å². The molecule has 2 heterocycles. The molecule has 1 aliphatic rings. The molecule has 152 valence electrons. The number of carbonyl (C=O) groups excluding carboxylic acids is 1. The van der Waals surface area contributed by atoms with Crippen LogP contribution in [-0.2, 0) is 0 Å². The number of piperidine rings is 1. The summed E-state index contributed by atoms with van der Waals surface area (Å²) in [6, 6.07) is 9.30. The average Bonchev–Trinajstić information content (AvgIpc) is 3.11. The molecule has 0 bridgehead atoms. The number of carbonyl (C=O) groups is 1. The summed E-state index contributed by atoms with van der Waals surface area (Å²) in [5.74, 6) is 1.19. The van der Waals surface area contributed by atoms with Crippen molar-refractivity contribution in [2.45, 2.75) is 33.1 Å². The maximum absolute atomic E-state index is 12.7. The van der Waals surface area contributed by atoms with Gasteiger partial charge in [-0.2, -0.15) is 0 Å². The van der Waals surface area contributed by atoms with Crippen molar-refractivity contribution in [3.05, 3.63) is 46.5 Å². The van der Waals surface area contributed by atoms with Crippen LogP contribution < -0.4 is 10.2 Å². The lowest BCUT2D eigenvalue weighted by Gasteiger charge is -2.26. The minimum Gasteiger partial charge on any atom is -0.493 e. The number of halogens is 1. The summed E-state index contributed by atoms with van der Waals surface area (Å²) in [7, 11) is 0. The third-order valence-electron chi connectivity index (χ3n) is 5.18. The quantitative estimate of drug-likeness (QED) is 0.636. The lowest BCUT2D eigenvalue weighted by molar-refractivity contribution is 0.0749. The highest BCUT2D eigenvalue weighted by Crippen LogP contribution is 2.32. The Morgan fingerprint density at radius 3 is 2.79 bits per heavy atom. The molecule has 1 aliphatic heterocycles. The molecular weight excluding hydrogens is 388 g/mol. The monoisotopic (exact) mass is 412 g/mol. The van der Waals surface area contributed by atoms with E-state index < -0.39 is 0 Å². The zero-order chi connectivity index (χ0) is 20.4. The summed E-state index contributed by atoms with van der Waals surface area (Å²) in [5.41, 5.74) is 7.08. The number of hydrogen-bond acceptors (Lipinski definition) is 4. The molecule has 0 saturated carbocycles. The summed E-state index contributed by atoms with van der Waals surface area (Å²) in [4.78, 5) is 20.7. The number of H-pyrrole nitrogens is 1. The van der Waals surface area contributed by atoms with Gasteiger partial charge in [-0.05, 0) is 62.6 Å². The fourth-order valence-corrected chi connectivity index (χ4v) is 3.77. The van der Waals surface area contributed by atoms with Crippen molar-refractivity contribution in [1.29, 1.82) is 0 Å². The second-order valence-corrected chi connectivity index (χ2v) is 7.74. The van der Waals surface area contributed by atoms with Crippen LogP contribution in [0.5, 0.6) is 5.75 Å². The Hall–Kier alpha value is -2.57. The predicted octanol–water partition coefficient (Wildman–Crippen LogP) is 4.72. The number of rotatable bonds is 5. The molecule has 1 aromatic heterocycles. The van der Waals surface area contributed by atoms with Gasteiger partial charge in [0.25, 0.3) is 5.91 Å². The maximum Gasteiger partial charge on any atom is 0.265 e. The van der Waals surface area contributed by atoms with Crippen LogP contribution in [0, 0.1) is 6.92 Å². The molecule has 1 fully saturated rings. The van der Waals surface area contributed by atoms with E-state index in [9.17, 15) is 4.79 Å². The SMILES string of the molecule is CCOc1cc(C(=O)NN2CCCCC2)ccc1-c1nc2cc(Cl)c(C)cc2[nH]1. The van der Waals surface area contributed by atoms with Gasteiger partial charge >= 0.3 is 0 Å². The van der Waals surface area contributed by atoms with Crippen molar-refractivity contribution >= 4 is 28.5 Å². The minimum atomic E-state index is -0.119. The molecule has 3 aromatic rings. The Morgan fingerprint density at radius 2 is 2.03 bits per heavy atom. The molecule has 2 N–H and O–H groups in total. The first kappa shape index (κ1) is 19.7. The number of amides is 1. The van der Waals surface area contributed by atoms with E-state index >= 15 is 0 Å². The predicted molar refractivity (Wildman–Crippen MR) is 115 cm³/mol. The molecule has 1 amide bonds. The average molecular weight is 413 g/mol. The first-order valence-electron chi connectivity index (χ1n) is 10.0. The van der Waals surface area contributed by atoms with Crippen molar-refractivity contribution in [2.24, 2.45) is 0 Å². The van der Waals surface area contributed by atoms with Gasteiger partial charge in [-0.25, -0.2) is 9.99 Å². The Balaban J connectivity index is 1.64. The third kappa shape index (κ3) is 4.23. The number of benzene rings is 2. The van der Waals surface area contributed by atoms with E-state index in [1.54, 1.807) is 6.07 Å². The molecule has 0 unspecified atom stereocenters. The topological polar surface area (TPSA) is 70.2 Å². The number of aromatic amines is 1. The molecule has 0 aliphatic carbocycles. The van der Waals surface area contributed by atoms with Crippen molar-refractivity contribution in [2.75, 3.05) is 19.7 Å². The van der Waals surface area contributed by atoms with Crippen LogP contribution in [0.1, 0.15) is 42.1 Å². The molecule has 2 aromatic carbocycles. The Labute approximate surface area is 175 Å². The van der Waals surface area contributed by atoms with Gasteiger partial charge in [0, 0.05) is 23.7 Å². The van der Waals surface area contributed by atoms with Crippen molar-refractivity contribution in [3.63, 3.8) is 0 Å². The van der Waals surface area contributed by atoms with Crippen LogP contribution in [0.25, 0.3) is 22.4 Å². The van der Waals surface area contributed by atoms with Crippen LogP contribution in [0.2, 0.25) is 5.02 Å². The van der Waals surface area contributed by atoms with E-state index in [4.69, 9.17) is 16.3 Å². The fraction of sp³-hybridized carbons (Fsp3) is 0.364. The number of aryl methyl sites for hydroxylation is 1. The Kier molecular flexibility index (Phi) is 5.74. The van der Waals surface area contributed by atoms with Gasteiger partial charge < -0.3 is 9.72 Å². The lowest BCUT2D eigenvalue weighted by atomic mass is 10.1. The lowest BCUT2D eigenvalue weighted by Crippen LogP contribution is -2.45. The smallest absolute Gasteiger partial charge is 0.265 e. The maximum atomic E-state index is 12.7. The van der Waals surface area contributed by atoms with E-state index in [0.29, 0.717) is 28.8 Å². The van der Waals surface area contributed by atoms with Crippen LogP contribution >= 0.6 is 11.6 Å². The normalized spacial score (nSPS) is 14.9. The Morgan fingerprint density at radius 1 is 1.24 bits per heavy atom. The number of nitrogens with one attached hydrogen (secondary N) is 2. The summed E-state index contributed by atoms with van der Waals surface area (Å²) < 4.78 is 5.84. The summed E-state index contributed by atoms with van der Waals surface area (Å²) >= 11 is 6.23. The van der Waals surface area contributed by atoms with Gasteiger partial charge in [-0.15, -0.1) is 0 Å². The van der Waals surface area contributed by atoms with Crippen molar-refractivity contribution < 1.29 is 9.53 Å². The molecule has 0 atom stereocenters. The van der Waals surface area contributed by atoms with Crippen LogP contribution in [-0.4, -0.2) is 40.6 Å². The highest BCUT2D eigenvalue weighted by Gasteiger charge is 2.18. The molecule has 1 saturated heterocycles. The number of ether oxygens (including phenoxy) is 1. The molecule has 0 spiro atoms. The van der Waals surface area contributed by atoms with Crippen molar-refractivity contribution in [3.8, 4) is 17.1 Å². The number of nitrogens with zero attached hydrogens (tertiary/aromatic N) is 2. The van der Waals surface area contributed by atoms with Gasteiger partial charge in [0.05, 0.1) is 23.2 Å². The molecule has 7 heteroatoms. The second-order valence-electron chi connectivity index (χ2n) is 7.34. The van der Waals surface area contributed by atoms with Crippen LogP contribution in [0.15, 0.2) is 30.3 Å². The molecule has 6 nitrogen and oxygen atoms in total. The van der Waals surface area contributed by atoms with E-state index in [1.807, 2.05) is 43.1 Å². The third-order valence-corrected chi connectivity index (χ3v) is 5.58. The van der Waals surface area contributed by atoms with Gasteiger partial charge in [-0.1, -0.05) is 18.0 Å². The summed E-state index contributed by atoms with van der Waals surface area (Å²) in [5, 5.41) is 2.68. The van der Waals surface area contributed by atoms with E-state index in [2.05, 4.69) is 15.4 Å². The first-order valence-corrected chi connectivity index (χ1v) is 10.4. The highest BCUT2D eigenvalue weighted by molar-refractivity contribution is 6.32. The molecule has 4 rings (SSSR count). The van der Waals surface area contributed by atoms with E-state index in [-0.39, 0.29) is 5.91 Å². The second kappa shape index (κ2) is 8.43. The zero-order valence-electron chi connectivity index (χ0n) is 16.7. The van der Waals surface area contributed by atoms with Crippen LogP contribution in [0.4, 0.5) is 0 Å². The first-order chi connectivity index (χ1) is 14.0. The Bertz CT molecular complexity index is 1000. The summed E-state index contributed by atoms with van der Waals surface area (Å²) in [6.07, 6.45) is 3.44. The van der Waals surface area contributed by atoms with Gasteiger partial charge in [-0.3, -0.25) is 10.2 Å². The molecular formula is C22H25ClN4O2. The van der Waals surface area contributed by atoms with E-state index in [1.165, 1.54) is 6.42 Å². The highest BCUT2D eigenvalue weighted by atomic mass is 35.5. The number of imidazole rings is 1. The summed E-state index contributed by atoms with van der Waals surface area (Å²) in [6.45, 7) is 6.16. The fourth-order valence-electron chi connectivity index (χ4n) is 3.62.